The van der Waals surface area contributed by atoms with Crippen LogP contribution in [0.2, 0.25) is 0 Å². The molecule has 2 aromatic carbocycles. The van der Waals surface area contributed by atoms with E-state index in [1.807, 2.05) is 0 Å². The zero-order valence-electron chi connectivity index (χ0n) is 26.3. The normalized spacial score (nSPS) is 13.2. The number of benzene rings is 2. The SMILES string of the molecule is CC(C)(C)c1cc(-c2sccc2-c2ccsc2-c2cc(C(C)(C)C)c(O)c(C(C)(C)C)c2)cc(C(C)(C)C)c1O. The van der Waals surface area contributed by atoms with Crippen molar-refractivity contribution >= 4 is 22.7 Å². The third kappa shape index (κ3) is 5.76. The molecule has 4 aromatic rings. The van der Waals surface area contributed by atoms with Crippen LogP contribution in [0.5, 0.6) is 11.5 Å². The average Bonchev–Trinajstić information content (AvgIpc) is 3.45. The van der Waals surface area contributed by atoms with E-state index in [1.54, 1.807) is 22.7 Å². The van der Waals surface area contributed by atoms with Crippen molar-refractivity contribution in [2.45, 2.75) is 105 Å². The Labute approximate surface area is 249 Å². The molecule has 0 aliphatic heterocycles. The van der Waals surface area contributed by atoms with Crippen molar-refractivity contribution < 1.29 is 10.2 Å². The van der Waals surface area contributed by atoms with Crippen LogP contribution in [0, 0.1) is 0 Å². The second-order valence-corrected chi connectivity index (χ2v) is 17.0. The van der Waals surface area contributed by atoms with Gasteiger partial charge in [0, 0.05) is 43.1 Å². The summed E-state index contributed by atoms with van der Waals surface area (Å²) in [6.45, 7) is 25.9. The molecule has 4 heteroatoms. The van der Waals surface area contributed by atoms with Crippen molar-refractivity contribution in [2.75, 3.05) is 0 Å². The lowest BCUT2D eigenvalue weighted by atomic mass is 9.77. The van der Waals surface area contributed by atoms with Crippen molar-refractivity contribution in [1.29, 1.82) is 0 Å². The van der Waals surface area contributed by atoms with E-state index < -0.39 is 0 Å². The van der Waals surface area contributed by atoms with E-state index in [0.717, 1.165) is 33.4 Å². The van der Waals surface area contributed by atoms with Crippen LogP contribution in [-0.4, -0.2) is 10.2 Å². The Morgan fingerprint density at radius 1 is 0.450 bits per heavy atom. The summed E-state index contributed by atoms with van der Waals surface area (Å²) in [5.41, 5.74) is 7.83. The molecule has 0 fully saturated rings. The number of rotatable bonds is 3. The van der Waals surface area contributed by atoms with Crippen molar-refractivity contribution in [3.63, 3.8) is 0 Å². The summed E-state index contributed by atoms with van der Waals surface area (Å²) in [5, 5.41) is 27.0. The number of aromatic hydroxyl groups is 2. The molecule has 0 radical (unpaired) electrons. The smallest absolute Gasteiger partial charge is 0.123 e. The lowest BCUT2D eigenvalue weighted by Gasteiger charge is -2.28. The summed E-state index contributed by atoms with van der Waals surface area (Å²) < 4.78 is 0. The molecular weight excluding hydrogens is 529 g/mol. The Morgan fingerprint density at radius 3 is 0.925 bits per heavy atom. The van der Waals surface area contributed by atoms with E-state index in [9.17, 15) is 10.2 Å². The van der Waals surface area contributed by atoms with E-state index in [0.29, 0.717) is 11.5 Å². The lowest BCUT2D eigenvalue weighted by molar-refractivity contribution is 0.422. The van der Waals surface area contributed by atoms with Gasteiger partial charge in [0.05, 0.1) is 0 Å². The van der Waals surface area contributed by atoms with Crippen molar-refractivity contribution in [3.8, 4) is 43.5 Å². The highest BCUT2D eigenvalue weighted by molar-refractivity contribution is 7.15. The Balaban J connectivity index is 1.96. The van der Waals surface area contributed by atoms with Gasteiger partial charge in [0.15, 0.2) is 0 Å². The Bertz CT molecular complexity index is 1350. The zero-order valence-corrected chi connectivity index (χ0v) is 28.0. The summed E-state index contributed by atoms with van der Waals surface area (Å²) in [5.74, 6) is 0.818. The van der Waals surface area contributed by atoms with E-state index >= 15 is 0 Å². The van der Waals surface area contributed by atoms with Gasteiger partial charge in [-0.3, -0.25) is 0 Å². The average molecular weight is 575 g/mol. The molecule has 0 saturated carbocycles. The molecular formula is C36H46O2S2. The maximum Gasteiger partial charge on any atom is 0.123 e. The van der Waals surface area contributed by atoms with Gasteiger partial charge in [-0.2, -0.15) is 0 Å². The number of hydrogen-bond acceptors (Lipinski definition) is 4. The van der Waals surface area contributed by atoms with Crippen LogP contribution in [0.15, 0.2) is 47.2 Å². The number of thiophene rings is 2. The van der Waals surface area contributed by atoms with Gasteiger partial charge < -0.3 is 10.2 Å². The van der Waals surface area contributed by atoms with Gasteiger partial charge in [0.25, 0.3) is 0 Å². The fourth-order valence-electron chi connectivity index (χ4n) is 5.31. The summed E-state index contributed by atoms with van der Waals surface area (Å²) in [6, 6.07) is 13.2. The Morgan fingerprint density at radius 2 is 0.700 bits per heavy atom. The monoisotopic (exact) mass is 574 g/mol. The van der Waals surface area contributed by atoms with Gasteiger partial charge in [0.2, 0.25) is 0 Å². The van der Waals surface area contributed by atoms with Crippen molar-refractivity contribution in [2.24, 2.45) is 0 Å². The molecule has 0 saturated heterocycles. The molecule has 2 heterocycles. The van der Waals surface area contributed by atoms with Gasteiger partial charge in [-0.15, -0.1) is 22.7 Å². The third-order valence-corrected chi connectivity index (χ3v) is 9.52. The second-order valence-electron chi connectivity index (χ2n) is 15.2. The first-order chi connectivity index (χ1) is 18.2. The van der Waals surface area contributed by atoms with E-state index in [1.165, 1.54) is 20.9 Å². The fraction of sp³-hybridized carbons (Fsp3) is 0.444. The molecule has 0 amide bonds. The van der Waals surface area contributed by atoms with E-state index in [2.05, 4.69) is 130 Å². The Hall–Kier alpha value is -2.56. The first-order valence-corrected chi connectivity index (χ1v) is 15.9. The minimum atomic E-state index is -0.191. The van der Waals surface area contributed by atoms with E-state index in [4.69, 9.17) is 0 Å². The van der Waals surface area contributed by atoms with Crippen LogP contribution in [0.3, 0.4) is 0 Å². The largest absolute Gasteiger partial charge is 0.507 e. The number of phenols is 2. The van der Waals surface area contributed by atoms with E-state index in [-0.39, 0.29) is 21.7 Å². The molecule has 0 aliphatic rings. The topological polar surface area (TPSA) is 40.5 Å². The molecule has 0 bridgehead atoms. The van der Waals surface area contributed by atoms with Gasteiger partial charge >= 0.3 is 0 Å². The minimum Gasteiger partial charge on any atom is -0.507 e. The standard InChI is InChI=1S/C36H46O2S2/c1-33(2,3)25-17-21(18-26(29(25)37)34(4,5)6)31-23(13-15-39-31)24-14-16-40-32(24)22-19-27(35(7,8)9)30(38)28(20-22)36(10,11)12/h13-20,37-38H,1-12H3. The van der Waals surface area contributed by atoms with Crippen LogP contribution in [0.4, 0.5) is 0 Å². The summed E-state index contributed by atoms with van der Waals surface area (Å²) in [6.07, 6.45) is 0. The molecule has 2 aromatic heterocycles. The first-order valence-electron chi connectivity index (χ1n) is 14.1. The first kappa shape index (κ1) is 30.4. The molecule has 4 rings (SSSR count). The van der Waals surface area contributed by atoms with Gasteiger partial charge in [-0.05, 0) is 79.9 Å². The van der Waals surface area contributed by atoms with Crippen molar-refractivity contribution in [3.05, 3.63) is 69.4 Å². The second kappa shape index (κ2) is 10.1. The summed E-state index contributed by atoms with van der Waals surface area (Å²) >= 11 is 3.50. The zero-order chi connectivity index (χ0) is 30.0. The molecule has 40 heavy (non-hydrogen) atoms. The van der Waals surface area contributed by atoms with Crippen molar-refractivity contribution in [1.82, 2.24) is 0 Å². The lowest BCUT2D eigenvalue weighted by Crippen LogP contribution is -2.17. The maximum atomic E-state index is 11.3. The number of hydrogen-bond donors (Lipinski definition) is 2. The van der Waals surface area contributed by atoms with Gasteiger partial charge in [0.1, 0.15) is 11.5 Å². The highest BCUT2D eigenvalue weighted by atomic mass is 32.1. The van der Waals surface area contributed by atoms with Crippen LogP contribution in [0.25, 0.3) is 32.0 Å². The quantitative estimate of drug-likeness (QED) is 0.255. The molecule has 0 spiro atoms. The summed E-state index contributed by atoms with van der Waals surface area (Å²) in [4.78, 5) is 2.42. The van der Waals surface area contributed by atoms with Crippen LogP contribution >= 0.6 is 22.7 Å². The molecule has 214 valence electrons. The van der Waals surface area contributed by atoms with Crippen LogP contribution in [0.1, 0.15) is 105 Å². The fourth-order valence-corrected chi connectivity index (χ4v) is 7.11. The van der Waals surface area contributed by atoms with Gasteiger partial charge in [-0.25, -0.2) is 0 Å². The Kier molecular flexibility index (Phi) is 7.65. The molecule has 0 aliphatic carbocycles. The number of phenolic OH excluding ortho intramolecular Hbond substituents is 2. The molecule has 2 N–H and O–H groups in total. The summed E-state index contributed by atoms with van der Waals surface area (Å²) in [7, 11) is 0. The molecule has 0 unspecified atom stereocenters. The predicted molar refractivity (Wildman–Crippen MR) is 177 cm³/mol. The maximum absolute atomic E-state index is 11.3. The highest BCUT2D eigenvalue weighted by Crippen LogP contribution is 2.49. The van der Waals surface area contributed by atoms with Crippen LogP contribution < -0.4 is 0 Å². The predicted octanol–water partition coefficient (Wildman–Crippen LogP) is 11.4. The third-order valence-electron chi connectivity index (χ3n) is 7.60. The molecule has 2 nitrogen and oxygen atoms in total. The molecule has 0 atom stereocenters. The highest BCUT2D eigenvalue weighted by Gasteiger charge is 2.30. The van der Waals surface area contributed by atoms with Gasteiger partial charge in [-0.1, -0.05) is 83.1 Å². The van der Waals surface area contributed by atoms with Crippen LogP contribution in [-0.2, 0) is 21.7 Å². The minimum absolute atomic E-state index is 0.191.